The number of nitrogens with one attached hydrogen (secondary N) is 1. The van der Waals surface area contributed by atoms with E-state index in [0.29, 0.717) is 12.5 Å². The van der Waals surface area contributed by atoms with Crippen molar-refractivity contribution in [1.29, 1.82) is 0 Å². The number of benzene rings is 2. The van der Waals surface area contributed by atoms with E-state index in [1.807, 2.05) is 42.5 Å². The van der Waals surface area contributed by atoms with Gasteiger partial charge in [-0.25, -0.2) is 0 Å². The molecule has 108 valence electrons. The lowest BCUT2D eigenvalue weighted by Crippen LogP contribution is -2.28. The molecule has 0 spiro atoms. The first-order valence-corrected chi connectivity index (χ1v) is 7.34. The summed E-state index contributed by atoms with van der Waals surface area (Å²) in [5, 5.41) is 12.5. The molecule has 1 saturated carbocycles. The van der Waals surface area contributed by atoms with E-state index >= 15 is 0 Å². The Morgan fingerprint density at radius 1 is 1.10 bits per heavy atom. The van der Waals surface area contributed by atoms with Crippen molar-refractivity contribution >= 4 is 5.97 Å². The topological polar surface area (TPSA) is 49.3 Å². The minimum Gasteiger partial charge on any atom is -0.480 e. The fourth-order valence-corrected chi connectivity index (χ4v) is 2.54. The third kappa shape index (κ3) is 3.50. The van der Waals surface area contributed by atoms with E-state index in [2.05, 4.69) is 17.4 Å². The van der Waals surface area contributed by atoms with E-state index < -0.39 is 12.0 Å². The third-order valence-corrected chi connectivity index (χ3v) is 3.92. The van der Waals surface area contributed by atoms with Crippen LogP contribution in [0.15, 0.2) is 54.6 Å². The zero-order valence-electron chi connectivity index (χ0n) is 11.8. The molecule has 3 nitrogen and oxygen atoms in total. The van der Waals surface area contributed by atoms with Gasteiger partial charge < -0.3 is 5.11 Å². The van der Waals surface area contributed by atoms with Crippen molar-refractivity contribution in [2.45, 2.75) is 31.3 Å². The fraction of sp³-hybridized carbons (Fsp3) is 0.278. The molecule has 0 aromatic heterocycles. The second-order valence-electron chi connectivity index (χ2n) is 5.58. The van der Waals surface area contributed by atoms with Gasteiger partial charge in [0.05, 0.1) is 0 Å². The van der Waals surface area contributed by atoms with Gasteiger partial charge in [0.2, 0.25) is 0 Å². The largest absolute Gasteiger partial charge is 0.480 e. The van der Waals surface area contributed by atoms with Crippen LogP contribution in [0, 0.1) is 0 Å². The number of carboxylic acid groups (broad SMARTS) is 1. The molecule has 21 heavy (non-hydrogen) atoms. The summed E-state index contributed by atoms with van der Waals surface area (Å²) in [6.07, 6.45) is 2.52. The minimum atomic E-state index is -0.842. The normalized spacial score (nSPS) is 15.6. The highest BCUT2D eigenvalue weighted by atomic mass is 16.4. The molecule has 0 aliphatic heterocycles. The van der Waals surface area contributed by atoms with E-state index in [4.69, 9.17) is 0 Å². The predicted octanol–water partition coefficient (Wildman–Crippen LogP) is 3.48. The maximum absolute atomic E-state index is 11.5. The second-order valence-corrected chi connectivity index (χ2v) is 5.58. The number of rotatable bonds is 6. The molecule has 3 rings (SSSR count). The number of hydrogen-bond donors (Lipinski definition) is 2. The molecule has 0 saturated heterocycles. The van der Waals surface area contributed by atoms with Gasteiger partial charge in [0.15, 0.2) is 0 Å². The Morgan fingerprint density at radius 2 is 1.76 bits per heavy atom. The zero-order valence-corrected chi connectivity index (χ0v) is 11.8. The molecule has 1 fully saturated rings. The van der Waals surface area contributed by atoms with E-state index in [0.717, 1.165) is 11.1 Å². The minimum absolute atomic E-state index is 0.544. The lowest BCUT2D eigenvalue weighted by atomic mass is 10.0. The van der Waals surface area contributed by atoms with Gasteiger partial charge in [-0.15, -0.1) is 0 Å². The van der Waals surface area contributed by atoms with E-state index in [-0.39, 0.29) is 0 Å². The first-order valence-electron chi connectivity index (χ1n) is 7.34. The molecule has 0 heterocycles. The molecule has 3 heteroatoms. The van der Waals surface area contributed by atoms with Gasteiger partial charge in [-0.05, 0) is 35.4 Å². The zero-order chi connectivity index (χ0) is 14.7. The van der Waals surface area contributed by atoms with Crippen molar-refractivity contribution in [3.05, 3.63) is 71.3 Å². The summed E-state index contributed by atoms with van der Waals surface area (Å²) >= 11 is 0. The fourth-order valence-electron chi connectivity index (χ4n) is 2.54. The maximum Gasteiger partial charge on any atom is 0.325 e. The van der Waals surface area contributed by atoms with Crippen LogP contribution in [0.5, 0.6) is 0 Å². The van der Waals surface area contributed by atoms with Gasteiger partial charge in [0.1, 0.15) is 6.04 Å². The van der Waals surface area contributed by atoms with Crippen molar-refractivity contribution in [3.8, 4) is 0 Å². The maximum atomic E-state index is 11.5. The molecule has 2 aromatic rings. The van der Waals surface area contributed by atoms with Gasteiger partial charge in [-0.1, -0.05) is 54.6 Å². The summed E-state index contributed by atoms with van der Waals surface area (Å²) in [7, 11) is 0. The van der Waals surface area contributed by atoms with Crippen molar-refractivity contribution < 1.29 is 9.90 Å². The quantitative estimate of drug-likeness (QED) is 0.852. The van der Waals surface area contributed by atoms with Gasteiger partial charge in [-0.2, -0.15) is 0 Å². The summed E-state index contributed by atoms with van der Waals surface area (Å²) in [5.74, 6) is -0.148. The average molecular weight is 281 g/mol. The summed E-state index contributed by atoms with van der Waals surface area (Å²) in [6.45, 7) is 0.544. The Bertz CT molecular complexity index is 603. The van der Waals surface area contributed by atoms with Crippen molar-refractivity contribution in [2.24, 2.45) is 0 Å². The van der Waals surface area contributed by atoms with E-state index in [9.17, 15) is 9.90 Å². The summed E-state index contributed by atoms with van der Waals surface area (Å²) < 4.78 is 0. The number of carboxylic acids is 1. The summed E-state index contributed by atoms with van der Waals surface area (Å²) in [6, 6.07) is 17.2. The molecule has 1 aliphatic rings. The smallest absolute Gasteiger partial charge is 0.325 e. The average Bonchev–Trinajstić information content (AvgIpc) is 3.34. The highest BCUT2D eigenvalue weighted by molar-refractivity contribution is 5.75. The molecule has 2 N–H and O–H groups in total. The molecule has 1 aliphatic carbocycles. The van der Waals surface area contributed by atoms with Gasteiger partial charge in [0, 0.05) is 6.54 Å². The van der Waals surface area contributed by atoms with Crippen LogP contribution in [0.3, 0.4) is 0 Å². The van der Waals surface area contributed by atoms with E-state index in [1.54, 1.807) is 0 Å². The van der Waals surface area contributed by atoms with Crippen LogP contribution in [0.1, 0.15) is 41.5 Å². The van der Waals surface area contributed by atoms with Crippen LogP contribution in [-0.4, -0.2) is 11.1 Å². The molecule has 1 atom stereocenters. The number of aliphatic carboxylic acids is 1. The third-order valence-electron chi connectivity index (χ3n) is 3.92. The Labute approximate surface area is 124 Å². The van der Waals surface area contributed by atoms with Crippen LogP contribution in [0.4, 0.5) is 0 Å². The van der Waals surface area contributed by atoms with Crippen molar-refractivity contribution in [2.75, 3.05) is 0 Å². The Balaban J connectivity index is 1.70. The first kappa shape index (κ1) is 13.8. The lowest BCUT2D eigenvalue weighted by molar-refractivity contribution is -0.139. The van der Waals surface area contributed by atoms with Gasteiger partial charge in [-0.3, -0.25) is 10.1 Å². The first-order chi connectivity index (χ1) is 10.2. The molecule has 2 aromatic carbocycles. The summed E-state index contributed by atoms with van der Waals surface area (Å²) in [4.78, 5) is 11.5. The van der Waals surface area contributed by atoms with Gasteiger partial charge in [0.25, 0.3) is 0 Å². The van der Waals surface area contributed by atoms with Crippen molar-refractivity contribution in [3.63, 3.8) is 0 Å². The van der Waals surface area contributed by atoms with Crippen LogP contribution >= 0.6 is 0 Å². The monoisotopic (exact) mass is 281 g/mol. The second kappa shape index (κ2) is 6.10. The molecule has 0 bridgehead atoms. The standard InChI is InChI=1S/C18H19NO2/c20-18(21)17(19-12-13-4-2-1-3-5-13)16-10-8-15(9-11-16)14-6-7-14/h1-5,8-11,14,17,19H,6-7,12H2,(H,20,21). The van der Waals surface area contributed by atoms with Crippen LogP contribution in [0.2, 0.25) is 0 Å². The number of hydrogen-bond acceptors (Lipinski definition) is 2. The molecule has 1 unspecified atom stereocenters. The van der Waals surface area contributed by atoms with Gasteiger partial charge >= 0.3 is 5.97 Å². The predicted molar refractivity (Wildman–Crippen MR) is 82.1 cm³/mol. The Morgan fingerprint density at radius 3 is 2.33 bits per heavy atom. The SMILES string of the molecule is O=C(O)C(NCc1ccccc1)c1ccc(C2CC2)cc1. The van der Waals surface area contributed by atoms with Crippen LogP contribution < -0.4 is 5.32 Å². The molecular weight excluding hydrogens is 262 g/mol. The highest BCUT2D eigenvalue weighted by Crippen LogP contribution is 2.40. The van der Waals surface area contributed by atoms with E-state index in [1.165, 1.54) is 18.4 Å². The Hall–Kier alpha value is -2.13. The Kier molecular flexibility index (Phi) is 4.02. The molecule has 0 amide bonds. The summed E-state index contributed by atoms with van der Waals surface area (Å²) in [5.41, 5.74) is 3.21. The van der Waals surface area contributed by atoms with Crippen LogP contribution in [-0.2, 0) is 11.3 Å². The lowest BCUT2D eigenvalue weighted by Gasteiger charge is -2.15. The van der Waals surface area contributed by atoms with Crippen LogP contribution in [0.25, 0.3) is 0 Å². The highest BCUT2D eigenvalue weighted by Gasteiger charge is 2.24. The molecular formula is C18H19NO2. The molecule has 0 radical (unpaired) electrons. The number of carbonyl (C=O) groups is 1. The van der Waals surface area contributed by atoms with Crippen molar-refractivity contribution in [1.82, 2.24) is 5.32 Å².